The van der Waals surface area contributed by atoms with Crippen LogP contribution in [0.3, 0.4) is 0 Å². The maximum absolute atomic E-state index is 11.9. The third kappa shape index (κ3) is 5.15. The van der Waals surface area contributed by atoms with Crippen molar-refractivity contribution in [3.8, 4) is 0 Å². The number of carbonyl (C=O) groups excluding carboxylic acids is 3. The van der Waals surface area contributed by atoms with Gasteiger partial charge in [0, 0.05) is 16.3 Å². The number of hydrogen-bond acceptors (Lipinski definition) is 6. The number of rotatable bonds is 6. The van der Waals surface area contributed by atoms with Crippen molar-refractivity contribution < 1.29 is 23.9 Å². The molecule has 0 radical (unpaired) electrons. The smallest absolute Gasteiger partial charge is 0.339 e. The van der Waals surface area contributed by atoms with Gasteiger partial charge in [-0.05, 0) is 37.6 Å². The van der Waals surface area contributed by atoms with Crippen LogP contribution < -0.4 is 5.32 Å². The number of benzene rings is 1. The third-order valence-electron chi connectivity index (χ3n) is 3.46. The predicted molar refractivity (Wildman–Crippen MR) is 93.7 cm³/mol. The Balaban J connectivity index is 1.80. The van der Waals surface area contributed by atoms with Crippen molar-refractivity contribution in [2.24, 2.45) is 0 Å². The van der Waals surface area contributed by atoms with Crippen LogP contribution in [0.2, 0.25) is 0 Å². The highest BCUT2D eigenvalue weighted by atomic mass is 32.1. The highest BCUT2D eigenvalue weighted by Gasteiger charge is 2.15. The number of carbonyl (C=O) groups is 3. The normalized spacial score (nSPS) is 10.2. The summed E-state index contributed by atoms with van der Waals surface area (Å²) in [6.45, 7) is 3.68. The molecule has 0 atom stereocenters. The van der Waals surface area contributed by atoms with Gasteiger partial charge >= 0.3 is 11.9 Å². The lowest BCUT2D eigenvalue weighted by molar-refractivity contribution is -0.124. The Labute approximate surface area is 149 Å². The van der Waals surface area contributed by atoms with Crippen LogP contribution in [0.4, 0.5) is 0 Å². The van der Waals surface area contributed by atoms with Crippen molar-refractivity contribution in [3.05, 3.63) is 56.8 Å². The molecule has 0 saturated carbocycles. The molecule has 1 heterocycles. The largest absolute Gasteiger partial charge is 0.465 e. The Hall–Kier alpha value is -2.67. The molecule has 6 nitrogen and oxygen atoms in total. The molecule has 0 fully saturated rings. The van der Waals surface area contributed by atoms with E-state index in [1.54, 1.807) is 30.3 Å². The summed E-state index contributed by atoms with van der Waals surface area (Å²) in [4.78, 5) is 37.0. The molecular formula is C18H19NO5S. The quantitative estimate of drug-likeness (QED) is 0.800. The molecule has 0 unspecified atom stereocenters. The molecule has 0 aliphatic heterocycles. The minimum absolute atomic E-state index is 0.272. The molecular weight excluding hydrogens is 342 g/mol. The van der Waals surface area contributed by atoms with Crippen molar-refractivity contribution >= 4 is 29.2 Å². The molecule has 2 aromatic rings. The summed E-state index contributed by atoms with van der Waals surface area (Å²) in [6.07, 6.45) is 0. The Morgan fingerprint density at radius 1 is 1.08 bits per heavy atom. The third-order valence-corrected chi connectivity index (χ3v) is 4.43. The van der Waals surface area contributed by atoms with Gasteiger partial charge in [0.15, 0.2) is 6.61 Å². The predicted octanol–water partition coefficient (Wildman–Crippen LogP) is 2.62. The van der Waals surface area contributed by atoms with E-state index < -0.39 is 17.8 Å². The Kier molecular flexibility index (Phi) is 6.30. The number of aryl methyl sites for hydroxylation is 2. The maximum Gasteiger partial charge on any atom is 0.339 e. The molecule has 0 aliphatic rings. The van der Waals surface area contributed by atoms with E-state index in [9.17, 15) is 14.4 Å². The standard InChI is InChI=1S/C18H19NO5S/c1-11-8-15(12(2)25-11)18(22)24-10-16(20)19-9-13-4-6-14(7-5-13)17(21)23-3/h4-8H,9-10H2,1-3H3,(H,19,20). The number of thiophene rings is 1. The summed E-state index contributed by atoms with van der Waals surface area (Å²) in [7, 11) is 1.32. The van der Waals surface area contributed by atoms with Crippen LogP contribution in [0.25, 0.3) is 0 Å². The number of hydrogen-bond donors (Lipinski definition) is 1. The van der Waals surface area contributed by atoms with Crippen LogP contribution in [0.1, 0.15) is 36.0 Å². The molecule has 0 spiro atoms. The highest BCUT2D eigenvalue weighted by Crippen LogP contribution is 2.21. The lowest BCUT2D eigenvalue weighted by Crippen LogP contribution is -2.28. The number of nitrogens with one attached hydrogen (secondary N) is 1. The van der Waals surface area contributed by atoms with Gasteiger partial charge in [-0.15, -0.1) is 11.3 Å². The number of methoxy groups -OCH3 is 1. The summed E-state index contributed by atoms with van der Waals surface area (Å²) < 4.78 is 9.65. The van der Waals surface area contributed by atoms with Gasteiger partial charge in [0.2, 0.25) is 0 Å². The second-order valence-corrected chi connectivity index (χ2v) is 6.83. The molecule has 1 aromatic carbocycles. The van der Waals surface area contributed by atoms with Gasteiger partial charge in [0.25, 0.3) is 5.91 Å². The first-order valence-corrected chi connectivity index (χ1v) is 8.40. The first kappa shape index (κ1) is 18.7. The Bertz CT molecular complexity index is 779. The second kappa shape index (κ2) is 8.43. The molecule has 1 amide bonds. The summed E-state index contributed by atoms with van der Waals surface area (Å²) in [5, 5.41) is 2.66. The van der Waals surface area contributed by atoms with Gasteiger partial charge in [-0.25, -0.2) is 9.59 Å². The topological polar surface area (TPSA) is 81.7 Å². The first-order valence-electron chi connectivity index (χ1n) is 7.59. The molecule has 0 aliphatic carbocycles. The van der Waals surface area contributed by atoms with E-state index in [-0.39, 0.29) is 13.2 Å². The van der Waals surface area contributed by atoms with Crippen LogP contribution in [-0.4, -0.2) is 31.6 Å². The van der Waals surface area contributed by atoms with E-state index in [1.807, 2.05) is 13.8 Å². The van der Waals surface area contributed by atoms with Crippen molar-refractivity contribution in [1.29, 1.82) is 0 Å². The zero-order valence-electron chi connectivity index (χ0n) is 14.3. The lowest BCUT2D eigenvalue weighted by Gasteiger charge is -2.07. The van der Waals surface area contributed by atoms with Crippen molar-refractivity contribution in [1.82, 2.24) is 5.32 Å². The summed E-state index contributed by atoms with van der Waals surface area (Å²) >= 11 is 1.51. The van der Waals surface area contributed by atoms with Crippen molar-refractivity contribution in [2.75, 3.05) is 13.7 Å². The van der Waals surface area contributed by atoms with Crippen molar-refractivity contribution in [2.45, 2.75) is 20.4 Å². The van der Waals surface area contributed by atoms with Gasteiger partial charge < -0.3 is 14.8 Å². The van der Waals surface area contributed by atoms with Gasteiger partial charge in [-0.3, -0.25) is 4.79 Å². The van der Waals surface area contributed by atoms with Crippen LogP contribution in [0.5, 0.6) is 0 Å². The minimum Gasteiger partial charge on any atom is -0.465 e. The van der Waals surface area contributed by atoms with Crippen LogP contribution in [0.15, 0.2) is 30.3 Å². The SMILES string of the molecule is COC(=O)c1ccc(CNC(=O)COC(=O)c2cc(C)sc2C)cc1. The van der Waals surface area contributed by atoms with E-state index in [0.29, 0.717) is 11.1 Å². The first-order chi connectivity index (χ1) is 11.9. The Morgan fingerprint density at radius 2 is 1.76 bits per heavy atom. The summed E-state index contributed by atoms with van der Waals surface area (Å²) in [6, 6.07) is 8.43. The molecule has 7 heteroatoms. The van der Waals surface area contributed by atoms with Gasteiger partial charge in [-0.1, -0.05) is 12.1 Å². The van der Waals surface area contributed by atoms with E-state index in [4.69, 9.17) is 4.74 Å². The number of ether oxygens (including phenoxy) is 2. The maximum atomic E-state index is 11.9. The Morgan fingerprint density at radius 3 is 2.32 bits per heavy atom. The fraction of sp³-hybridized carbons (Fsp3) is 0.278. The highest BCUT2D eigenvalue weighted by molar-refractivity contribution is 7.12. The fourth-order valence-corrected chi connectivity index (χ4v) is 3.08. The van der Waals surface area contributed by atoms with Gasteiger partial charge in [0.1, 0.15) is 0 Å². The minimum atomic E-state index is -0.501. The van der Waals surface area contributed by atoms with E-state index >= 15 is 0 Å². The molecule has 25 heavy (non-hydrogen) atoms. The zero-order chi connectivity index (χ0) is 18.4. The molecule has 0 bridgehead atoms. The van der Waals surface area contributed by atoms with Gasteiger partial charge in [-0.2, -0.15) is 0 Å². The molecule has 132 valence electrons. The molecule has 1 aromatic heterocycles. The van der Waals surface area contributed by atoms with Crippen LogP contribution in [-0.2, 0) is 20.8 Å². The monoisotopic (exact) mass is 361 g/mol. The van der Waals surface area contributed by atoms with Gasteiger partial charge in [0.05, 0.1) is 18.2 Å². The number of amides is 1. The van der Waals surface area contributed by atoms with Crippen molar-refractivity contribution in [3.63, 3.8) is 0 Å². The lowest BCUT2D eigenvalue weighted by atomic mass is 10.1. The van der Waals surface area contributed by atoms with Crippen LogP contribution in [0, 0.1) is 13.8 Å². The molecule has 2 rings (SSSR count). The van der Waals surface area contributed by atoms with E-state index in [0.717, 1.165) is 15.3 Å². The molecule has 1 N–H and O–H groups in total. The average molecular weight is 361 g/mol. The fourth-order valence-electron chi connectivity index (χ4n) is 2.17. The second-order valence-electron chi connectivity index (χ2n) is 5.37. The number of esters is 2. The van der Waals surface area contributed by atoms with E-state index in [2.05, 4.69) is 10.1 Å². The summed E-state index contributed by atoms with van der Waals surface area (Å²) in [5.74, 6) is -1.31. The summed E-state index contributed by atoms with van der Waals surface area (Å²) in [5.41, 5.74) is 1.75. The van der Waals surface area contributed by atoms with E-state index in [1.165, 1.54) is 18.4 Å². The zero-order valence-corrected chi connectivity index (χ0v) is 15.1. The molecule has 0 saturated heterocycles. The average Bonchev–Trinajstić information content (AvgIpc) is 2.96. The van der Waals surface area contributed by atoms with Crippen LogP contribution >= 0.6 is 11.3 Å².